The Balaban J connectivity index is 1.38. The maximum absolute atomic E-state index is 13.1. The smallest absolute Gasteiger partial charge is 0.323 e. The predicted octanol–water partition coefficient (Wildman–Crippen LogP) is 6.26. The number of carbonyl (C=O) groups is 2. The predicted molar refractivity (Wildman–Crippen MR) is 181 cm³/mol. The van der Waals surface area contributed by atoms with E-state index in [1.54, 1.807) is 0 Å². The van der Waals surface area contributed by atoms with Gasteiger partial charge in [0.1, 0.15) is 11.6 Å². The number of ether oxygens (including phenoxy) is 3. The molecule has 2 aliphatic rings. The van der Waals surface area contributed by atoms with Crippen molar-refractivity contribution in [1.82, 2.24) is 15.5 Å². The van der Waals surface area contributed by atoms with Gasteiger partial charge in [0.2, 0.25) is 0 Å². The topological polar surface area (TPSA) is 109 Å². The highest BCUT2D eigenvalue weighted by atomic mass is 16.7. The number of aliphatic hydroxyl groups is 1. The molecule has 5 rings (SSSR count). The molecule has 0 bridgehead atoms. The molecule has 5 atom stereocenters. The van der Waals surface area contributed by atoms with Gasteiger partial charge in [0, 0.05) is 31.1 Å². The normalized spacial score (nSPS) is 23.3. The van der Waals surface area contributed by atoms with Crippen LogP contribution in [0, 0.1) is 5.92 Å². The Morgan fingerprint density at radius 1 is 0.957 bits per heavy atom. The van der Waals surface area contributed by atoms with Crippen molar-refractivity contribution in [2.24, 2.45) is 5.92 Å². The van der Waals surface area contributed by atoms with Gasteiger partial charge < -0.3 is 30.0 Å². The third-order valence-electron chi connectivity index (χ3n) is 8.87. The number of hydrogen-bond acceptors (Lipinski definition) is 7. The lowest BCUT2D eigenvalue weighted by atomic mass is 9.89. The number of rotatable bonds is 10. The van der Waals surface area contributed by atoms with Crippen LogP contribution in [0.4, 0.5) is 4.79 Å². The van der Waals surface area contributed by atoms with Crippen molar-refractivity contribution >= 4 is 12.0 Å². The third-order valence-corrected chi connectivity index (χ3v) is 8.87. The van der Waals surface area contributed by atoms with Crippen molar-refractivity contribution in [3.63, 3.8) is 0 Å². The first-order valence-corrected chi connectivity index (χ1v) is 16.7. The molecule has 2 saturated heterocycles. The molecule has 47 heavy (non-hydrogen) atoms. The van der Waals surface area contributed by atoms with Gasteiger partial charge in [-0.15, -0.1) is 0 Å². The Hall–Kier alpha value is -3.76. The molecule has 2 aliphatic heterocycles. The number of urea groups is 1. The van der Waals surface area contributed by atoms with Gasteiger partial charge in [-0.05, 0) is 74.9 Å². The number of amides is 2. The number of nitrogens with zero attached hydrogens (tertiary/aromatic N) is 1. The van der Waals surface area contributed by atoms with Crippen LogP contribution in [0.3, 0.4) is 0 Å². The van der Waals surface area contributed by atoms with E-state index in [9.17, 15) is 14.7 Å². The Kier molecular flexibility index (Phi) is 11.3. The summed E-state index contributed by atoms with van der Waals surface area (Å²) in [5.74, 6) is -0.186. The quantitative estimate of drug-likeness (QED) is 0.224. The summed E-state index contributed by atoms with van der Waals surface area (Å²) in [7, 11) is 0. The van der Waals surface area contributed by atoms with Crippen LogP contribution in [-0.4, -0.2) is 59.4 Å². The molecule has 0 aliphatic carbocycles. The minimum atomic E-state index is -0.620. The minimum absolute atomic E-state index is 0.00493. The molecule has 0 unspecified atom stereocenters. The first-order valence-electron chi connectivity index (χ1n) is 16.7. The summed E-state index contributed by atoms with van der Waals surface area (Å²) >= 11 is 0. The summed E-state index contributed by atoms with van der Waals surface area (Å²) in [6.07, 6.45) is 0.613. The molecule has 2 amide bonds. The largest absolute Gasteiger partial charge is 0.459 e. The molecule has 2 heterocycles. The monoisotopic (exact) mass is 643 g/mol. The van der Waals surface area contributed by atoms with E-state index in [1.807, 2.05) is 82.3 Å². The summed E-state index contributed by atoms with van der Waals surface area (Å²) < 4.78 is 19.2. The second-order valence-electron chi connectivity index (χ2n) is 13.5. The van der Waals surface area contributed by atoms with Crippen molar-refractivity contribution in [3.8, 4) is 11.1 Å². The SMILES string of the molecule is CCNC(=O)NCc1ccccc1-c1ccc([C@H]2O[C@@H](CN3CCC[C@H]3C(=O)OC(C)(C)C)[C@@H](C)[C@@H](c3ccc(CO)cc3)O2)cc1. The van der Waals surface area contributed by atoms with Crippen molar-refractivity contribution in [2.45, 2.75) is 90.8 Å². The number of hydrogen-bond donors (Lipinski definition) is 3. The average molecular weight is 644 g/mol. The van der Waals surface area contributed by atoms with Gasteiger partial charge in [0.25, 0.3) is 0 Å². The standard InChI is InChI=1S/C38H49N3O6/c1-6-39-37(44)40-22-30-10-7-8-11-31(30)27-17-19-29(20-18-27)36-45-33(23-41-21-9-12-32(41)35(43)47-38(3,4)5)25(2)34(46-36)28-15-13-26(24-42)14-16-28/h7-8,10-11,13-20,25,32-34,36,42H,6,9,12,21-24H2,1-5H3,(H2,39,40,44)/t25-,32+,33+,34+,36+/m1/s1. The lowest BCUT2D eigenvalue weighted by molar-refractivity contribution is -0.276. The lowest BCUT2D eigenvalue weighted by Gasteiger charge is -2.43. The first-order chi connectivity index (χ1) is 22.6. The molecule has 3 aromatic carbocycles. The summed E-state index contributed by atoms with van der Waals surface area (Å²) in [6, 6.07) is 23.6. The van der Waals surface area contributed by atoms with E-state index in [0.29, 0.717) is 19.6 Å². The molecule has 0 saturated carbocycles. The van der Waals surface area contributed by atoms with Crippen LogP contribution < -0.4 is 10.6 Å². The molecule has 252 valence electrons. The van der Waals surface area contributed by atoms with E-state index in [0.717, 1.165) is 52.8 Å². The maximum Gasteiger partial charge on any atom is 0.323 e. The molecule has 0 radical (unpaired) electrons. The summed E-state index contributed by atoms with van der Waals surface area (Å²) in [5, 5.41) is 15.3. The zero-order chi connectivity index (χ0) is 33.6. The fraction of sp³-hybridized carbons (Fsp3) is 0.474. The number of nitrogens with one attached hydrogen (secondary N) is 2. The molecule has 9 nitrogen and oxygen atoms in total. The van der Waals surface area contributed by atoms with Crippen LogP contribution >= 0.6 is 0 Å². The first kappa shape index (κ1) is 34.6. The van der Waals surface area contributed by atoms with E-state index in [2.05, 4.69) is 40.7 Å². The van der Waals surface area contributed by atoms with Crippen LogP contribution in [0.5, 0.6) is 0 Å². The molecule has 0 spiro atoms. The minimum Gasteiger partial charge on any atom is -0.459 e. The van der Waals surface area contributed by atoms with Gasteiger partial charge >= 0.3 is 12.0 Å². The van der Waals surface area contributed by atoms with Gasteiger partial charge in [-0.2, -0.15) is 0 Å². The fourth-order valence-corrected chi connectivity index (χ4v) is 6.42. The number of likely N-dealkylation sites (tertiary alicyclic amines) is 1. The molecule has 3 N–H and O–H groups in total. The van der Waals surface area contributed by atoms with E-state index in [1.165, 1.54) is 0 Å². The van der Waals surface area contributed by atoms with Gasteiger partial charge in [0.05, 0.1) is 18.8 Å². The van der Waals surface area contributed by atoms with E-state index in [-0.39, 0.29) is 42.8 Å². The third kappa shape index (κ3) is 8.78. The van der Waals surface area contributed by atoms with Crippen LogP contribution in [0.25, 0.3) is 11.1 Å². The Labute approximate surface area is 278 Å². The zero-order valence-electron chi connectivity index (χ0n) is 28.2. The zero-order valence-corrected chi connectivity index (χ0v) is 28.2. The van der Waals surface area contributed by atoms with Crippen LogP contribution in [0.2, 0.25) is 0 Å². The number of esters is 1. The fourth-order valence-electron chi connectivity index (χ4n) is 6.42. The van der Waals surface area contributed by atoms with Gasteiger partial charge in [0.15, 0.2) is 6.29 Å². The highest BCUT2D eigenvalue weighted by Gasteiger charge is 2.42. The Bertz CT molecular complexity index is 1490. The molecular formula is C38H49N3O6. The van der Waals surface area contributed by atoms with Crippen LogP contribution in [0.1, 0.15) is 82.1 Å². The highest BCUT2D eigenvalue weighted by Crippen LogP contribution is 2.42. The van der Waals surface area contributed by atoms with Crippen LogP contribution in [-0.2, 0) is 32.2 Å². The van der Waals surface area contributed by atoms with Gasteiger partial charge in [-0.25, -0.2) is 4.79 Å². The van der Waals surface area contributed by atoms with E-state index >= 15 is 0 Å². The Morgan fingerprint density at radius 3 is 2.34 bits per heavy atom. The van der Waals surface area contributed by atoms with Crippen LogP contribution in [0.15, 0.2) is 72.8 Å². The lowest BCUT2D eigenvalue weighted by Crippen LogP contribution is -2.48. The molecule has 2 fully saturated rings. The maximum atomic E-state index is 13.1. The summed E-state index contributed by atoms with van der Waals surface area (Å²) in [6.45, 7) is 12.1. The molecule has 3 aromatic rings. The molecule has 0 aromatic heterocycles. The molecular weight excluding hydrogens is 594 g/mol. The average Bonchev–Trinajstić information content (AvgIpc) is 3.53. The van der Waals surface area contributed by atoms with Gasteiger partial charge in [-0.1, -0.05) is 79.7 Å². The molecule has 9 heteroatoms. The van der Waals surface area contributed by atoms with Crippen molar-refractivity contribution in [1.29, 1.82) is 0 Å². The number of carbonyl (C=O) groups excluding carboxylic acids is 2. The Morgan fingerprint density at radius 2 is 1.66 bits per heavy atom. The second-order valence-corrected chi connectivity index (χ2v) is 13.5. The van der Waals surface area contributed by atoms with Crippen molar-refractivity contribution in [3.05, 3.63) is 95.1 Å². The highest BCUT2D eigenvalue weighted by molar-refractivity contribution is 5.76. The number of aliphatic hydroxyl groups excluding tert-OH is 1. The van der Waals surface area contributed by atoms with Crippen molar-refractivity contribution < 1.29 is 28.9 Å². The van der Waals surface area contributed by atoms with Gasteiger partial charge in [-0.3, -0.25) is 9.69 Å². The van der Waals surface area contributed by atoms with E-state index < -0.39 is 11.9 Å². The number of benzene rings is 3. The van der Waals surface area contributed by atoms with E-state index in [4.69, 9.17) is 14.2 Å². The summed E-state index contributed by atoms with van der Waals surface area (Å²) in [4.78, 5) is 27.4. The summed E-state index contributed by atoms with van der Waals surface area (Å²) in [5.41, 5.74) is 5.29. The van der Waals surface area contributed by atoms with Crippen molar-refractivity contribution in [2.75, 3.05) is 19.6 Å². The second kappa shape index (κ2) is 15.4.